The summed E-state index contributed by atoms with van der Waals surface area (Å²) in [6.45, 7) is 15.0. The molecule has 2 rings (SSSR count). The number of nitriles is 1. The Kier molecular flexibility index (Phi) is 8.67. The van der Waals surface area contributed by atoms with Crippen LogP contribution >= 0.6 is 0 Å². The topological polar surface area (TPSA) is 30.3 Å². The molecule has 3 unspecified atom stereocenters. The number of nitrogens with zero attached hydrogens (tertiary/aromatic N) is 3. The fourth-order valence-electron chi connectivity index (χ4n) is 5.08. The fraction of sp³-hybridized carbons (Fsp3) is 0.720. The molecule has 1 aliphatic rings. The third kappa shape index (κ3) is 5.80. The Bertz CT molecular complexity index is 663. The van der Waals surface area contributed by atoms with E-state index in [9.17, 15) is 9.65 Å². The largest absolute Gasteiger partial charge is 0.298 e. The number of hydrogen-bond acceptors (Lipinski definition) is 3. The van der Waals surface area contributed by atoms with Crippen LogP contribution in [-0.4, -0.2) is 47.1 Å². The first kappa shape index (κ1) is 23.8. The average molecular weight is 402 g/mol. The molecule has 0 spiro atoms. The lowest BCUT2D eigenvalue weighted by Crippen LogP contribution is -2.46. The van der Waals surface area contributed by atoms with E-state index in [-0.39, 0.29) is 5.82 Å². The van der Waals surface area contributed by atoms with E-state index < -0.39 is 5.41 Å². The highest BCUT2D eigenvalue weighted by Gasteiger charge is 2.37. The third-order valence-electron chi connectivity index (χ3n) is 6.90. The average Bonchev–Trinajstić information content (AvgIpc) is 2.66. The highest BCUT2D eigenvalue weighted by atomic mass is 19.1. The van der Waals surface area contributed by atoms with Crippen molar-refractivity contribution >= 4 is 0 Å². The van der Waals surface area contributed by atoms with Gasteiger partial charge in [0.05, 0.1) is 11.5 Å². The van der Waals surface area contributed by atoms with E-state index in [1.54, 1.807) is 6.07 Å². The third-order valence-corrected chi connectivity index (χ3v) is 6.90. The second-order valence-electron chi connectivity index (χ2n) is 9.47. The van der Waals surface area contributed by atoms with Crippen LogP contribution in [0.3, 0.4) is 0 Å². The maximum atomic E-state index is 14.9. The molecule has 1 aromatic carbocycles. The van der Waals surface area contributed by atoms with Crippen molar-refractivity contribution in [2.24, 2.45) is 0 Å². The predicted octanol–water partition coefficient (Wildman–Crippen LogP) is 5.75. The maximum Gasteiger partial charge on any atom is 0.128 e. The first-order chi connectivity index (χ1) is 13.7. The minimum atomic E-state index is -0.801. The molecule has 1 fully saturated rings. The molecule has 0 amide bonds. The van der Waals surface area contributed by atoms with Crippen LogP contribution in [0.15, 0.2) is 24.3 Å². The monoisotopic (exact) mass is 401 g/mol. The minimum Gasteiger partial charge on any atom is -0.298 e. The fourth-order valence-corrected chi connectivity index (χ4v) is 5.08. The van der Waals surface area contributed by atoms with Crippen molar-refractivity contribution in [2.75, 3.05) is 13.1 Å². The second-order valence-corrected chi connectivity index (χ2v) is 9.47. The van der Waals surface area contributed by atoms with Crippen LogP contribution in [0.25, 0.3) is 0 Å². The Morgan fingerprint density at radius 2 is 1.69 bits per heavy atom. The van der Waals surface area contributed by atoms with Crippen molar-refractivity contribution in [1.29, 1.82) is 5.26 Å². The number of hydrogen-bond donors (Lipinski definition) is 0. The predicted molar refractivity (Wildman–Crippen MR) is 119 cm³/mol. The van der Waals surface area contributed by atoms with Gasteiger partial charge < -0.3 is 0 Å². The molecule has 1 aliphatic heterocycles. The molecule has 3 atom stereocenters. The standard InChI is InChI=1S/C25H40FN3/c1-19(2)28(20(3)4)16-14-25(18-27,23-12-7-8-13-24(23)26)15-17-29-21(5)10-9-11-22(29)6/h7-8,12-13,19-22H,9-11,14-17H2,1-6H3. The Balaban J connectivity index is 2.29. The molecule has 0 aliphatic carbocycles. The van der Waals surface area contributed by atoms with E-state index >= 15 is 0 Å². The van der Waals surface area contributed by atoms with E-state index in [1.165, 1.54) is 25.3 Å². The molecule has 1 heterocycles. The molecule has 0 radical (unpaired) electrons. The number of likely N-dealkylation sites (tertiary alicyclic amines) is 1. The Morgan fingerprint density at radius 3 is 2.21 bits per heavy atom. The van der Waals surface area contributed by atoms with Gasteiger partial charge in [-0.15, -0.1) is 0 Å². The van der Waals surface area contributed by atoms with Crippen molar-refractivity contribution in [3.05, 3.63) is 35.6 Å². The zero-order valence-corrected chi connectivity index (χ0v) is 19.3. The van der Waals surface area contributed by atoms with Crippen LogP contribution in [0.5, 0.6) is 0 Å². The molecule has 3 nitrogen and oxygen atoms in total. The van der Waals surface area contributed by atoms with Gasteiger partial charge in [-0.2, -0.15) is 5.26 Å². The molecule has 0 N–H and O–H groups in total. The normalized spacial score (nSPS) is 22.8. The van der Waals surface area contributed by atoms with Gasteiger partial charge in [0.1, 0.15) is 5.82 Å². The second kappa shape index (κ2) is 10.5. The smallest absolute Gasteiger partial charge is 0.128 e. The SMILES string of the molecule is CC(C)N(CCC(C#N)(CCN1C(C)CCCC1C)c1ccccc1F)C(C)C. The highest BCUT2D eigenvalue weighted by Crippen LogP contribution is 2.35. The summed E-state index contributed by atoms with van der Waals surface area (Å²) in [6, 6.07) is 11.3. The van der Waals surface area contributed by atoms with E-state index in [4.69, 9.17) is 0 Å². The lowest BCUT2D eigenvalue weighted by atomic mass is 9.75. The zero-order valence-electron chi connectivity index (χ0n) is 19.3. The van der Waals surface area contributed by atoms with Crippen LogP contribution in [-0.2, 0) is 5.41 Å². The van der Waals surface area contributed by atoms with Crippen LogP contribution in [0.1, 0.15) is 79.2 Å². The summed E-state index contributed by atoms with van der Waals surface area (Å²) >= 11 is 0. The van der Waals surface area contributed by atoms with Gasteiger partial charge in [-0.05, 0) is 73.3 Å². The van der Waals surface area contributed by atoms with Crippen molar-refractivity contribution < 1.29 is 4.39 Å². The Morgan fingerprint density at radius 1 is 1.10 bits per heavy atom. The summed E-state index contributed by atoms with van der Waals surface area (Å²) in [5, 5.41) is 10.4. The summed E-state index contributed by atoms with van der Waals surface area (Å²) < 4.78 is 14.9. The summed E-state index contributed by atoms with van der Waals surface area (Å²) in [6.07, 6.45) is 5.00. The van der Waals surface area contributed by atoms with E-state index in [0.29, 0.717) is 42.6 Å². The molecule has 1 saturated heterocycles. The van der Waals surface area contributed by atoms with Gasteiger partial charge >= 0.3 is 0 Å². The van der Waals surface area contributed by atoms with E-state index in [1.807, 2.05) is 12.1 Å². The number of rotatable bonds is 9. The summed E-state index contributed by atoms with van der Waals surface area (Å²) in [5.74, 6) is -0.255. The van der Waals surface area contributed by atoms with E-state index in [0.717, 1.165) is 13.1 Å². The van der Waals surface area contributed by atoms with E-state index in [2.05, 4.69) is 57.4 Å². The van der Waals surface area contributed by atoms with Crippen LogP contribution < -0.4 is 0 Å². The lowest BCUT2D eigenvalue weighted by Gasteiger charge is -2.41. The number of benzene rings is 1. The Hall–Kier alpha value is -1.44. The van der Waals surface area contributed by atoms with Gasteiger partial charge in [0, 0.05) is 42.8 Å². The molecular weight excluding hydrogens is 361 g/mol. The quantitative estimate of drug-likeness (QED) is 0.528. The molecule has 1 aromatic rings. The summed E-state index contributed by atoms with van der Waals surface area (Å²) in [5.41, 5.74) is -0.239. The lowest BCUT2D eigenvalue weighted by molar-refractivity contribution is 0.0923. The number of piperidine rings is 1. The van der Waals surface area contributed by atoms with Gasteiger partial charge in [0.2, 0.25) is 0 Å². The molecule has 162 valence electrons. The van der Waals surface area contributed by atoms with Crippen LogP contribution in [0.4, 0.5) is 4.39 Å². The van der Waals surface area contributed by atoms with Gasteiger partial charge in [-0.1, -0.05) is 24.6 Å². The van der Waals surface area contributed by atoms with Gasteiger partial charge in [-0.25, -0.2) is 4.39 Å². The highest BCUT2D eigenvalue weighted by molar-refractivity contribution is 5.34. The van der Waals surface area contributed by atoms with Gasteiger partial charge in [0.15, 0.2) is 0 Å². The number of halogens is 1. The van der Waals surface area contributed by atoms with Crippen LogP contribution in [0.2, 0.25) is 0 Å². The van der Waals surface area contributed by atoms with Crippen LogP contribution in [0, 0.1) is 17.1 Å². The molecule has 0 saturated carbocycles. The minimum absolute atomic E-state index is 0.255. The summed E-state index contributed by atoms with van der Waals surface area (Å²) in [7, 11) is 0. The molecule has 29 heavy (non-hydrogen) atoms. The van der Waals surface area contributed by atoms with Crippen molar-refractivity contribution in [1.82, 2.24) is 9.80 Å². The van der Waals surface area contributed by atoms with Gasteiger partial charge in [-0.3, -0.25) is 9.80 Å². The molecule has 0 bridgehead atoms. The molecule has 4 heteroatoms. The summed E-state index contributed by atoms with van der Waals surface area (Å²) in [4.78, 5) is 4.93. The Labute approximate surface area is 177 Å². The van der Waals surface area contributed by atoms with Crippen molar-refractivity contribution in [3.8, 4) is 6.07 Å². The molecule has 0 aromatic heterocycles. The van der Waals surface area contributed by atoms with Gasteiger partial charge in [0.25, 0.3) is 0 Å². The zero-order chi connectivity index (χ0) is 21.6. The first-order valence-electron chi connectivity index (χ1n) is 11.4. The first-order valence-corrected chi connectivity index (χ1v) is 11.4. The molecular formula is C25H40FN3. The van der Waals surface area contributed by atoms with Crippen molar-refractivity contribution in [3.63, 3.8) is 0 Å². The van der Waals surface area contributed by atoms with Crippen molar-refractivity contribution in [2.45, 2.75) is 103 Å². The maximum absolute atomic E-state index is 14.9.